The first kappa shape index (κ1) is 13.4. The van der Waals surface area contributed by atoms with Crippen LogP contribution in [0, 0.1) is 0 Å². The molecule has 3 nitrogen and oxygen atoms in total. The number of methoxy groups -OCH3 is 1. The molecule has 0 heterocycles. The van der Waals surface area contributed by atoms with Gasteiger partial charge in [-0.1, -0.05) is 17.7 Å². The van der Waals surface area contributed by atoms with E-state index in [2.05, 4.69) is 0 Å². The third-order valence-corrected chi connectivity index (χ3v) is 1.81. The van der Waals surface area contributed by atoms with Gasteiger partial charge in [-0.2, -0.15) is 0 Å². The predicted octanol–water partition coefficient (Wildman–Crippen LogP) is 2.11. The molecule has 0 aliphatic carbocycles. The molecule has 2 N–H and O–H groups in total. The van der Waals surface area contributed by atoms with Gasteiger partial charge in [0.1, 0.15) is 6.61 Å². The van der Waals surface area contributed by atoms with Crippen molar-refractivity contribution in [3.63, 3.8) is 0 Å². The van der Waals surface area contributed by atoms with E-state index in [-0.39, 0.29) is 12.4 Å². The standard InChI is InChI=1S/C9H12ClNO2.ClH/c1-12-8-4-2-3-7(10)9(8)13-6-5-11;/h2-4H,5-6,11H2,1H3;1H. The molecule has 0 aromatic heterocycles. The van der Waals surface area contributed by atoms with Crippen molar-refractivity contribution in [2.75, 3.05) is 20.3 Å². The molecule has 0 fully saturated rings. The van der Waals surface area contributed by atoms with Gasteiger partial charge in [-0.25, -0.2) is 0 Å². The van der Waals surface area contributed by atoms with Crippen LogP contribution in [0.4, 0.5) is 0 Å². The van der Waals surface area contributed by atoms with Crippen molar-refractivity contribution in [2.45, 2.75) is 0 Å². The smallest absolute Gasteiger partial charge is 0.179 e. The molecule has 1 rings (SSSR count). The Bertz CT molecular complexity index is 282. The molecule has 0 radical (unpaired) electrons. The molecule has 0 unspecified atom stereocenters. The Morgan fingerprint density at radius 3 is 2.71 bits per heavy atom. The van der Waals surface area contributed by atoms with E-state index < -0.39 is 0 Å². The van der Waals surface area contributed by atoms with E-state index in [0.29, 0.717) is 29.7 Å². The van der Waals surface area contributed by atoms with Gasteiger partial charge in [0, 0.05) is 6.54 Å². The SMILES string of the molecule is COc1cccc(Cl)c1OCCN.Cl. The number of para-hydroxylation sites is 1. The average molecular weight is 238 g/mol. The molecule has 0 aliphatic rings. The second-order valence-electron chi connectivity index (χ2n) is 2.41. The summed E-state index contributed by atoms with van der Waals surface area (Å²) in [6, 6.07) is 5.34. The highest BCUT2D eigenvalue weighted by molar-refractivity contribution is 6.32. The first-order valence-electron chi connectivity index (χ1n) is 3.95. The Hall–Kier alpha value is -0.640. The summed E-state index contributed by atoms with van der Waals surface area (Å²) in [5.41, 5.74) is 5.31. The Morgan fingerprint density at radius 1 is 1.43 bits per heavy atom. The van der Waals surface area contributed by atoms with Crippen molar-refractivity contribution in [3.8, 4) is 11.5 Å². The summed E-state index contributed by atoms with van der Waals surface area (Å²) in [5.74, 6) is 1.18. The summed E-state index contributed by atoms with van der Waals surface area (Å²) in [6.45, 7) is 0.883. The van der Waals surface area contributed by atoms with Gasteiger partial charge in [0.25, 0.3) is 0 Å². The van der Waals surface area contributed by atoms with Crippen LogP contribution in [0.3, 0.4) is 0 Å². The Morgan fingerprint density at radius 2 is 2.14 bits per heavy atom. The van der Waals surface area contributed by atoms with Crippen LogP contribution >= 0.6 is 24.0 Å². The molecule has 0 saturated heterocycles. The molecular formula is C9H13Cl2NO2. The third kappa shape index (κ3) is 3.25. The molecule has 0 aliphatic heterocycles. The van der Waals surface area contributed by atoms with Gasteiger partial charge in [-0.3, -0.25) is 0 Å². The summed E-state index contributed by atoms with van der Waals surface area (Å²) in [5, 5.41) is 0.535. The van der Waals surface area contributed by atoms with Crippen LogP contribution in [0.25, 0.3) is 0 Å². The number of ether oxygens (including phenoxy) is 2. The fraction of sp³-hybridized carbons (Fsp3) is 0.333. The van der Waals surface area contributed by atoms with Gasteiger partial charge >= 0.3 is 0 Å². The van der Waals surface area contributed by atoms with Crippen LogP contribution in [-0.2, 0) is 0 Å². The van der Waals surface area contributed by atoms with Crippen molar-refractivity contribution in [1.82, 2.24) is 0 Å². The highest BCUT2D eigenvalue weighted by Gasteiger charge is 2.07. The van der Waals surface area contributed by atoms with E-state index in [0.717, 1.165) is 0 Å². The summed E-state index contributed by atoms with van der Waals surface area (Å²) < 4.78 is 10.4. The third-order valence-electron chi connectivity index (χ3n) is 1.52. The molecule has 0 bridgehead atoms. The van der Waals surface area contributed by atoms with Crippen molar-refractivity contribution >= 4 is 24.0 Å². The number of rotatable bonds is 4. The summed E-state index contributed by atoms with van der Waals surface area (Å²) in [4.78, 5) is 0. The molecule has 5 heteroatoms. The van der Waals surface area contributed by atoms with Gasteiger partial charge in [0.05, 0.1) is 12.1 Å². The average Bonchev–Trinajstić information content (AvgIpc) is 2.15. The topological polar surface area (TPSA) is 44.5 Å². The molecule has 0 saturated carbocycles. The van der Waals surface area contributed by atoms with E-state index in [1.54, 1.807) is 25.3 Å². The van der Waals surface area contributed by atoms with Crippen LogP contribution < -0.4 is 15.2 Å². The molecular weight excluding hydrogens is 225 g/mol. The lowest BCUT2D eigenvalue weighted by atomic mass is 10.3. The number of nitrogens with two attached hydrogens (primary N) is 1. The van der Waals surface area contributed by atoms with Crippen LogP contribution in [0.2, 0.25) is 5.02 Å². The fourth-order valence-electron chi connectivity index (χ4n) is 0.951. The predicted molar refractivity (Wildman–Crippen MR) is 59.8 cm³/mol. The molecule has 0 amide bonds. The first-order chi connectivity index (χ1) is 6.29. The zero-order valence-electron chi connectivity index (χ0n) is 7.83. The number of hydrogen-bond acceptors (Lipinski definition) is 3. The van der Waals surface area contributed by atoms with Crippen LogP contribution in [-0.4, -0.2) is 20.3 Å². The van der Waals surface area contributed by atoms with Gasteiger partial charge in [-0.15, -0.1) is 12.4 Å². The second-order valence-corrected chi connectivity index (χ2v) is 2.82. The highest BCUT2D eigenvalue weighted by atomic mass is 35.5. The van der Waals surface area contributed by atoms with Crippen molar-refractivity contribution < 1.29 is 9.47 Å². The molecule has 14 heavy (non-hydrogen) atoms. The summed E-state index contributed by atoms with van der Waals surface area (Å²) >= 11 is 5.90. The van der Waals surface area contributed by atoms with Crippen molar-refractivity contribution in [3.05, 3.63) is 23.2 Å². The van der Waals surface area contributed by atoms with Crippen molar-refractivity contribution in [2.24, 2.45) is 5.73 Å². The van der Waals surface area contributed by atoms with Gasteiger partial charge in [-0.05, 0) is 12.1 Å². The summed E-state index contributed by atoms with van der Waals surface area (Å²) in [7, 11) is 1.57. The van der Waals surface area contributed by atoms with Crippen LogP contribution in [0.5, 0.6) is 11.5 Å². The Labute approximate surface area is 94.5 Å². The van der Waals surface area contributed by atoms with Crippen LogP contribution in [0.1, 0.15) is 0 Å². The second kappa shape index (κ2) is 6.76. The van der Waals surface area contributed by atoms with Crippen LogP contribution in [0.15, 0.2) is 18.2 Å². The molecule has 1 aromatic rings. The van der Waals surface area contributed by atoms with Gasteiger partial charge < -0.3 is 15.2 Å². The Kier molecular flexibility index (Phi) is 6.45. The lowest BCUT2D eigenvalue weighted by Crippen LogP contribution is -2.11. The largest absolute Gasteiger partial charge is 0.493 e. The van der Waals surface area contributed by atoms with E-state index >= 15 is 0 Å². The lowest BCUT2D eigenvalue weighted by molar-refractivity contribution is 0.303. The minimum atomic E-state index is 0. The zero-order valence-corrected chi connectivity index (χ0v) is 9.40. The summed E-state index contributed by atoms with van der Waals surface area (Å²) in [6.07, 6.45) is 0. The van der Waals surface area contributed by atoms with Gasteiger partial charge in [0.15, 0.2) is 11.5 Å². The maximum atomic E-state index is 5.90. The lowest BCUT2D eigenvalue weighted by Gasteiger charge is -2.10. The van der Waals surface area contributed by atoms with E-state index in [4.69, 9.17) is 26.8 Å². The molecule has 1 aromatic carbocycles. The zero-order chi connectivity index (χ0) is 9.68. The number of hydrogen-bond donors (Lipinski definition) is 1. The quantitative estimate of drug-likeness (QED) is 0.873. The minimum Gasteiger partial charge on any atom is -0.493 e. The molecule has 80 valence electrons. The molecule has 0 spiro atoms. The maximum absolute atomic E-state index is 5.90. The number of benzene rings is 1. The fourth-order valence-corrected chi connectivity index (χ4v) is 1.17. The van der Waals surface area contributed by atoms with Gasteiger partial charge in [0.2, 0.25) is 0 Å². The normalized spacial score (nSPS) is 9.07. The van der Waals surface area contributed by atoms with E-state index in [1.807, 2.05) is 0 Å². The molecule has 0 atom stereocenters. The van der Waals surface area contributed by atoms with E-state index in [9.17, 15) is 0 Å². The minimum absolute atomic E-state index is 0. The van der Waals surface area contributed by atoms with Crippen molar-refractivity contribution in [1.29, 1.82) is 0 Å². The highest BCUT2D eigenvalue weighted by Crippen LogP contribution is 2.34. The van der Waals surface area contributed by atoms with E-state index in [1.165, 1.54) is 0 Å². The maximum Gasteiger partial charge on any atom is 0.179 e. The first-order valence-corrected chi connectivity index (χ1v) is 4.32. The Balaban J connectivity index is 0.00000169. The number of halogens is 2. The monoisotopic (exact) mass is 237 g/mol.